The van der Waals surface area contributed by atoms with E-state index in [1.165, 1.54) is 25.7 Å². The van der Waals surface area contributed by atoms with Gasteiger partial charge in [-0.25, -0.2) is 0 Å². The Balaban J connectivity index is 3.54. The minimum Gasteiger partial charge on any atom is -0.481 e. The van der Waals surface area contributed by atoms with E-state index in [1.807, 2.05) is 18.2 Å². The molecule has 2 N–H and O–H groups in total. The highest BCUT2D eigenvalue weighted by molar-refractivity contribution is 5.66. The minimum absolute atomic E-state index is 0.115. The molecule has 1 unspecified atom stereocenters. The molecule has 0 aromatic carbocycles. The third kappa shape index (κ3) is 16.6. The van der Waals surface area contributed by atoms with Crippen molar-refractivity contribution in [1.82, 2.24) is 0 Å². The van der Waals surface area contributed by atoms with Gasteiger partial charge < -0.3 is 10.2 Å². The number of rotatable bonds is 13. The van der Waals surface area contributed by atoms with Crippen LogP contribution in [0.4, 0.5) is 0 Å². The van der Waals surface area contributed by atoms with Crippen molar-refractivity contribution in [2.75, 3.05) is 0 Å². The molecule has 0 aliphatic rings. The van der Waals surface area contributed by atoms with Gasteiger partial charge in [-0.2, -0.15) is 0 Å². The van der Waals surface area contributed by atoms with Gasteiger partial charge in [0.1, 0.15) is 0 Å². The van der Waals surface area contributed by atoms with Crippen molar-refractivity contribution in [1.29, 1.82) is 0 Å². The fourth-order valence-corrected chi connectivity index (χ4v) is 1.89. The summed E-state index contributed by atoms with van der Waals surface area (Å²) in [5, 5.41) is 18.1. The lowest BCUT2D eigenvalue weighted by molar-refractivity contribution is -0.137. The van der Waals surface area contributed by atoms with Crippen LogP contribution in [0.1, 0.15) is 64.7 Å². The first kappa shape index (κ1) is 19.7. The van der Waals surface area contributed by atoms with E-state index >= 15 is 0 Å². The van der Waals surface area contributed by atoms with Gasteiger partial charge in [-0.1, -0.05) is 62.6 Å². The van der Waals surface area contributed by atoms with Gasteiger partial charge in [0, 0.05) is 6.42 Å². The van der Waals surface area contributed by atoms with Crippen molar-refractivity contribution in [3.05, 3.63) is 36.5 Å². The monoisotopic (exact) mass is 294 g/mol. The molecule has 0 radical (unpaired) electrons. The first-order valence-electron chi connectivity index (χ1n) is 8.05. The molecule has 0 rings (SSSR count). The Morgan fingerprint density at radius 3 is 2.57 bits per heavy atom. The molecule has 0 saturated carbocycles. The molecular formula is C18H30O3. The summed E-state index contributed by atoms with van der Waals surface area (Å²) in [7, 11) is 0. The first-order valence-corrected chi connectivity index (χ1v) is 8.05. The zero-order valence-electron chi connectivity index (χ0n) is 13.2. The quantitative estimate of drug-likeness (QED) is 0.296. The molecule has 3 heteroatoms. The molecule has 0 heterocycles. The van der Waals surface area contributed by atoms with Crippen LogP contribution in [0.5, 0.6) is 0 Å². The van der Waals surface area contributed by atoms with Gasteiger partial charge in [-0.15, -0.1) is 0 Å². The number of aliphatic hydroxyl groups excluding tert-OH is 1. The topological polar surface area (TPSA) is 57.5 Å². The van der Waals surface area contributed by atoms with E-state index in [4.69, 9.17) is 5.11 Å². The highest BCUT2D eigenvalue weighted by Crippen LogP contribution is 2.04. The molecule has 0 saturated heterocycles. The summed E-state index contributed by atoms with van der Waals surface area (Å²) in [6.45, 7) is 2.22. The summed E-state index contributed by atoms with van der Waals surface area (Å²) in [4.78, 5) is 10.3. The van der Waals surface area contributed by atoms with Crippen LogP contribution < -0.4 is 0 Å². The number of carboxylic acids is 1. The highest BCUT2D eigenvalue weighted by atomic mass is 16.4. The Bertz CT molecular complexity index is 329. The zero-order valence-corrected chi connectivity index (χ0v) is 13.2. The number of hydrogen-bond acceptors (Lipinski definition) is 2. The van der Waals surface area contributed by atoms with Crippen molar-refractivity contribution in [2.24, 2.45) is 0 Å². The highest BCUT2D eigenvalue weighted by Gasteiger charge is 2.01. The molecule has 1 atom stereocenters. The average Bonchev–Trinajstić information content (AvgIpc) is 2.44. The van der Waals surface area contributed by atoms with Crippen LogP contribution in [0.25, 0.3) is 0 Å². The number of carboxylic acid groups (broad SMARTS) is 1. The molecule has 0 aliphatic heterocycles. The normalized spacial score (nSPS) is 13.6. The van der Waals surface area contributed by atoms with Gasteiger partial charge >= 0.3 is 5.97 Å². The molecule has 3 nitrogen and oxygen atoms in total. The number of aliphatic carboxylic acids is 1. The Kier molecular flexibility index (Phi) is 14.1. The predicted octanol–water partition coefficient (Wildman–Crippen LogP) is 4.63. The second-order valence-corrected chi connectivity index (χ2v) is 5.22. The van der Waals surface area contributed by atoms with E-state index in [1.54, 1.807) is 6.08 Å². The lowest BCUT2D eigenvalue weighted by Gasteiger charge is -2.02. The molecule has 120 valence electrons. The summed E-state index contributed by atoms with van der Waals surface area (Å²) in [6.07, 6.45) is 19.7. The summed E-state index contributed by atoms with van der Waals surface area (Å²) < 4.78 is 0. The van der Waals surface area contributed by atoms with Crippen molar-refractivity contribution < 1.29 is 15.0 Å². The Morgan fingerprint density at radius 1 is 1.05 bits per heavy atom. The molecule has 0 aromatic rings. The fourth-order valence-electron chi connectivity index (χ4n) is 1.89. The number of carbonyl (C=O) groups is 1. The molecule has 0 amide bonds. The van der Waals surface area contributed by atoms with E-state index in [0.29, 0.717) is 12.8 Å². The second kappa shape index (κ2) is 15.0. The van der Waals surface area contributed by atoms with Gasteiger partial charge in [0.05, 0.1) is 6.10 Å². The number of unbranched alkanes of at least 4 members (excludes halogenated alkanes) is 4. The predicted molar refractivity (Wildman–Crippen MR) is 88.3 cm³/mol. The van der Waals surface area contributed by atoms with Crippen LogP contribution in [-0.2, 0) is 4.79 Å². The van der Waals surface area contributed by atoms with Crippen molar-refractivity contribution in [3.63, 3.8) is 0 Å². The molecule has 0 aromatic heterocycles. The van der Waals surface area contributed by atoms with E-state index < -0.39 is 12.1 Å². The van der Waals surface area contributed by atoms with Crippen molar-refractivity contribution in [2.45, 2.75) is 70.8 Å². The Morgan fingerprint density at radius 2 is 1.86 bits per heavy atom. The fraction of sp³-hybridized carbons (Fsp3) is 0.611. The van der Waals surface area contributed by atoms with Crippen LogP contribution in [0.3, 0.4) is 0 Å². The summed E-state index contributed by atoms with van der Waals surface area (Å²) in [6, 6.07) is 0. The summed E-state index contributed by atoms with van der Waals surface area (Å²) in [5.74, 6) is -0.812. The van der Waals surface area contributed by atoms with Gasteiger partial charge in [0.15, 0.2) is 0 Å². The molecular weight excluding hydrogens is 264 g/mol. The molecule has 0 spiro atoms. The molecule has 0 aliphatic carbocycles. The summed E-state index contributed by atoms with van der Waals surface area (Å²) >= 11 is 0. The van der Waals surface area contributed by atoms with Gasteiger partial charge in [-0.3, -0.25) is 4.79 Å². The molecule has 0 bridgehead atoms. The van der Waals surface area contributed by atoms with Crippen LogP contribution in [0.15, 0.2) is 36.5 Å². The lowest BCUT2D eigenvalue weighted by atomic mass is 10.1. The Hall–Kier alpha value is -1.35. The van der Waals surface area contributed by atoms with Crippen LogP contribution in [-0.4, -0.2) is 22.3 Å². The average molecular weight is 294 g/mol. The minimum atomic E-state index is -0.812. The molecule has 0 fully saturated rings. The van der Waals surface area contributed by atoms with Gasteiger partial charge in [0.2, 0.25) is 0 Å². The number of allylic oxidation sites excluding steroid dienone is 5. The maximum atomic E-state index is 10.3. The maximum absolute atomic E-state index is 10.3. The summed E-state index contributed by atoms with van der Waals surface area (Å²) in [5.41, 5.74) is 0. The lowest BCUT2D eigenvalue weighted by Crippen LogP contribution is -2.03. The van der Waals surface area contributed by atoms with Crippen LogP contribution in [0.2, 0.25) is 0 Å². The Labute approximate surface area is 129 Å². The maximum Gasteiger partial charge on any atom is 0.303 e. The van der Waals surface area contributed by atoms with E-state index in [0.717, 1.165) is 12.8 Å². The SMILES string of the molecule is CCCCCCC=CCC=CC=CC(O)CCCC(=O)O. The van der Waals surface area contributed by atoms with E-state index in [2.05, 4.69) is 19.1 Å². The third-order valence-electron chi connectivity index (χ3n) is 3.13. The number of hydrogen-bond donors (Lipinski definition) is 2. The number of aliphatic hydroxyl groups is 1. The first-order chi connectivity index (χ1) is 10.2. The van der Waals surface area contributed by atoms with Gasteiger partial charge in [-0.05, 0) is 32.1 Å². The molecule has 21 heavy (non-hydrogen) atoms. The standard InChI is InChI=1S/C18H30O3/c1-2-3-4-5-6-7-8-9-10-11-12-14-17(19)15-13-16-18(20)21/h7-8,10-12,14,17,19H,2-6,9,13,15-16H2,1H3,(H,20,21). The van der Waals surface area contributed by atoms with E-state index in [9.17, 15) is 9.90 Å². The third-order valence-corrected chi connectivity index (χ3v) is 3.13. The smallest absolute Gasteiger partial charge is 0.303 e. The van der Waals surface area contributed by atoms with Crippen molar-refractivity contribution >= 4 is 5.97 Å². The largest absolute Gasteiger partial charge is 0.481 e. The van der Waals surface area contributed by atoms with Crippen LogP contribution in [0, 0.1) is 0 Å². The van der Waals surface area contributed by atoms with Crippen LogP contribution >= 0.6 is 0 Å². The zero-order chi connectivity index (χ0) is 15.8. The van der Waals surface area contributed by atoms with E-state index in [-0.39, 0.29) is 6.42 Å². The van der Waals surface area contributed by atoms with Gasteiger partial charge in [0.25, 0.3) is 0 Å². The second-order valence-electron chi connectivity index (χ2n) is 5.22. The van der Waals surface area contributed by atoms with Crippen molar-refractivity contribution in [3.8, 4) is 0 Å².